The molecule has 0 aromatic heterocycles. The highest BCUT2D eigenvalue weighted by molar-refractivity contribution is 5.47. The molecular weight excluding hydrogens is 187 g/mol. The third-order valence-electron chi connectivity index (χ3n) is 1.94. The molecule has 0 spiro atoms. The van der Waals surface area contributed by atoms with Crippen molar-refractivity contribution in [3.63, 3.8) is 0 Å². The Morgan fingerprint density at radius 3 is 2.36 bits per heavy atom. The second-order valence-electron chi connectivity index (χ2n) is 2.75. The third kappa shape index (κ3) is 1.96. The summed E-state index contributed by atoms with van der Waals surface area (Å²) in [7, 11) is 2.82. The quantitative estimate of drug-likeness (QED) is 0.798. The van der Waals surface area contributed by atoms with E-state index in [9.17, 15) is 4.39 Å². The topological polar surface area (TPSA) is 38.7 Å². The maximum atomic E-state index is 13.2. The molecule has 0 radical (unpaired) electrons. The Kier molecular flexibility index (Phi) is 3.71. The fraction of sp³-hybridized carbons (Fsp3) is 0.400. The summed E-state index contributed by atoms with van der Waals surface area (Å²) in [6, 6.07) is 2.87. The van der Waals surface area contributed by atoms with Crippen molar-refractivity contribution in [2.45, 2.75) is 6.42 Å². The molecule has 4 heteroatoms. The smallest absolute Gasteiger partial charge is 0.197 e. The van der Waals surface area contributed by atoms with Crippen LogP contribution in [0.1, 0.15) is 5.56 Å². The van der Waals surface area contributed by atoms with Gasteiger partial charge in [0, 0.05) is 12.2 Å². The Hall–Kier alpha value is -1.29. The number of ether oxygens (including phenoxy) is 2. The zero-order valence-corrected chi connectivity index (χ0v) is 8.21. The maximum absolute atomic E-state index is 13.2. The van der Waals surface area contributed by atoms with Gasteiger partial charge in [-0.25, -0.2) is 4.39 Å². The lowest BCUT2D eigenvalue weighted by molar-refractivity contribution is 0.293. The van der Waals surface area contributed by atoms with Gasteiger partial charge in [0.05, 0.1) is 14.2 Å². The average Bonchev–Trinajstić information content (AvgIpc) is 2.20. The van der Waals surface area contributed by atoms with Gasteiger partial charge in [0.2, 0.25) is 0 Å². The Labute approximate surface area is 82.1 Å². The van der Waals surface area contributed by atoms with Gasteiger partial charge in [-0.2, -0.15) is 0 Å². The van der Waals surface area contributed by atoms with Gasteiger partial charge in [-0.15, -0.1) is 0 Å². The fourth-order valence-corrected chi connectivity index (χ4v) is 1.31. The van der Waals surface area contributed by atoms with Crippen molar-refractivity contribution in [1.29, 1.82) is 0 Å². The monoisotopic (exact) mass is 200 g/mol. The summed E-state index contributed by atoms with van der Waals surface area (Å²) >= 11 is 0. The lowest BCUT2D eigenvalue weighted by Gasteiger charge is -2.12. The molecule has 78 valence electrons. The Morgan fingerprint density at radius 2 is 1.86 bits per heavy atom. The summed E-state index contributed by atoms with van der Waals surface area (Å²) in [6.07, 6.45) is 0.416. The minimum Gasteiger partial charge on any atom is -0.492 e. The number of halogens is 1. The van der Waals surface area contributed by atoms with Crippen LogP contribution >= 0.6 is 0 Å². The van der Waals surface area contributed by atoms with Crippen LogP contribution < -0.4 is 9.47 Å². The van der Waals surface area contributed by atoms with Crippen LogP contribution in [0.3, 0.4) is 0 Å². The molecule has 0 aliphatic heterocycles. The molecule has 1 rings (SSSR count). The summed E-state index contributed by atoms with van der Waals surface area (Å²) in [5.41, 5.74) is 0.730. The molecule has 0 unspecified atom stereocenters. The number of hydrogen-bond donors (Lipinski definition) is 1. The van der Waals surface area contributed by atoms with Crippen LogP contribution in [0.5, 0.6) is 11.5 Å². The lowest BCUT2D eigenvalue weighted by atomic mass is 10.1. The molecule has 0 amide bonds. The van der Waals surface area contributed by atoms with Crippen molar-refractivity contribution < 1.29 is 19.0 Å². The van der Waals surface area contributed by atoms with Crippen molar-refractivity contribution in [3.05, 3.63) is 23.5 Å². The van der Waals surface area contributed by atoms with Crippen LogP contribution in [0.4, 0.5) is 4.39 Å². The van der Waals surface area contributed by atoms with E-state index in [4.69, 9.17) is 14.6 Å². The molecule has 0 aliphatic carbocycles. The summed E-state index contributed by atoms with van der Waals surface area (Å²) in [5.74, 6) is -0.0361. The van der Waals surface area contributed by atoms with E-state index in [1.54, 1.807) is 6.07 Å². The van der Waals surface area contributed by atoms with Crippen LogP contribution in [0.15, 0.2) is 12.1 Å². The van der Waals surface area contributed by atoms with Gasteiger partial charge in [0.15, 0.2) is 17.3 Å². The van der Waals surface area contributed by atoms with Crippen molar-refractivity contribution in [3.8, 4) is 11.5 Å². The van der Waals surface area contributed by atoms with Gasteiger partial charge in [-0.1, -0.05) is 6.07 Å². The Balaban J connectivity index is 3.18. The van der Waals surface area contributed by atoms with Crippen LogP contribution in [-0.4, -0.2) is 25.9 Å². The molecular formula is C10H13FO3. The first kappa shape index (κ1) is 10.8. The van der Waals surface area contributed by atoms with E-state index in [0.29, 0.717) is 12.2 Å². The first-order chi connectivity index (χ1) is 6.74. The van der Waals surface area contributed by atoms with Crippen molar-refractivity contribution >= 4 is 0 Å². The van der Waals surface area contributed by atoms with Crippen molar-refractivity contribution in [1.82, 2.24) is 0 Å². The molecule has 1 aromatic carbocycles. The molecule has 3 nitrogen and oxygen atoms in total. The van der Waals surface area contributed by atoms with Gasteiger partial charge in [0.25, 0.3) is 0 Å². The van der Waals surface area contributed by atoms with E-state index < -0.39 is 5.82 Å². The number of methoxy groups -OCH3 is 2. The average molecular weight is 200 g/mol. The highest BCUT2D eigenvalue weighted by Crippen LogP contribution is 2.33. The fourth-order valence-electron chi connectivity index (χ4n) is 1.31. The largest absolute Gasteiger partial charge is 0.492 e. The number of aliphatic hydroxyl groups excluding tert-OH is 1. The van der Waals surface area contributed by atoms with E-state index in [0.717, 1.165) is 5.56 Å². The number of benzene rings is 1. The normalized spacial score (nSPS) is 10.0. The summed E-state index contributed by atoms with van der Waals surface area (Å²) < 4.78 is 23.1. The molecule has 0 heterocycles. The molecule has 1 N–H and O–H groups in total. The minimum atomic E-state index is -0.467. The molecule has 0 atom stereocenters. The van der Waals surface area contributed by atoms with E-state index in [1.165, 1.54) is 20.3 Å². The second-order valence-corrected chi connectivity index (χ2v) is 2.75. The summed E-state index contributed by atoms with van der Waals surface area (Å²) in [5, 5.41) is 8.78. The van der Waals surface area contributed by atoms with Gasteiger partial charge in [0.1, 0.15) is 0 Å². The summed E-state index contributed by atoms with van der Waals surface area (Å²) in [4.78, 5) is 0. The predicted octanol–water partition coefficient (Wildman–Crippen LogP) is 1.38. The van der Waals surface area contributed by atoms with Crippen molar-refractivity contribution in [2.75, 3.05) is 20.8 Å². The first-order valence-electron chi connectivity index (χ1n) is 4.24. The SMILES string of the molecule is COc1c(F)ccc(CCO)c1OC. The van der Waals surface area contributed by atoms with Crippen LogP contribution in [0, 0.1) is 5.82 Å². The van der Waals surface area contributed by atoms with Crippen LogP contribution in [0.2, 0.25) is 0 Å². The molecule has 0 saturated carbocycles. The third-order valence-corrected chi connectivity index (χ3v) is 1.94. The number of hydrogen-bond acceptors (Lipinski definition) is 3. The Morgan fingerprint density at radius 1 is 1.21 bits per heavy atom. The second kappa shape index (κ2) is 4.81. The first-order valence-corrected chi connectivity index (χ1v) is 4.24. The van der Waals surface area contributed by atoms with Crippen molar-refractivity contribution in [2.24, 2.45) is 0 Å². The highest BCUT2D eigenvalue weighted by atomic mass is 19.1. The van der Waals surface area contributed by atoms with E-state index in [-0.39, 0.29) is 12.4 Å². The minimum absolute atomic E-state index is 0.00878. The maximum Gasteiger partial charge on any atom is 0.197 e. The van der Waals surface area contributed by atoms with E-state index >= 15 is 0 Å². The highest BCUT2D eigenvalue weighted by Gasteiger charge is 2.14. The van der Waals surface area contributed by atoms with Gasteiger partial charge in [-0.05, 0) is 12.5 Å². The van der Waals surface area contributed by atoms with Crippen LogP contribution in [-0.2, 0) is 6.42 Å². The van der Waals surface area contributed by atoms with Gasteiger partial charge >= 0.3 is 0 Å². The molecule has 14 heavy (non-hydrogen) atoms. The van der Waals surface area contributed by atoms with Gasteiger partial charge < -0.3 is 14.6 Å². The predicted molar refractivity (Wildman–Crippen MR) is 50.3 cm³/mol. The zero-order valence-electron chi connectivity index (χ0n) is 8.21. The molecule has 0 aliphatic rings. The molecule has 0 saturated heterocycles. The van der Waals surface area contributed by atoms with Crippen LogP contribution in [0.25, 0.3) is 0 Å². The number of rotatable bonds is 4. The van der Waals surface area contributed by atoms with Gasteiger partial charge in [-0.3, -0.25) is 0 Å². The van der Waals surface area contributed by atoms with E-state index in [2.05, 4.69) is 0 Å². The molecule has 0 fully saturated rings. The standard InChI is InChI=1S/C10H13FO3/c1-13-9-7(5-6-12)3-4-8(11)10(9)14-2/h3-4,12H,5-6H2,1-2H3. The lowest BCUT2D eigenvalue weighted by Crippen LogP contribution is -2.00. The Bertz CT molecular complexity index is 312. The number of aliphatic hydroxyl groups is 1. The van der Waals surface area contributed by atoms with E-state index in [1.807, 2.05) is 0 Å². The summed E-state index contributed by atoms with van der Waals surface area (Å²) in [6.45, 7) is -0.00878. The molecule has 1 aromatic rings. The zero-order chi connectivity index (χ0) is 10.6. The molecule has 0 bridgehead atoms.